The second kappa shape index (κ2) is 8.85. The molecule has 0 bridgehead atoms. The molecule has 2 rings (SSSR count). The van der Waals surface area contributed by atoms with Crippen LogP contribution in [0.1, 0.15) is 32.4 Å². The summed E-state index contributed by atoms with van der Waals surface area (Å²) in [5.74, 6) is 0.239. The Hall–Kier alpha value is -1.61. The van der Waals surface area contributed by atoms with Crippen molar-refractivity contribution < 1.29 is 17.9 Å². The van der Waals surface area contributed by atoms with Crippen molar-refractivity contribution in [2.75, 3.05) is 50.5 Å². The molecule has 0 spiro atoms. The summed E-state index contributed by atoms with van der Waals surface area (Å²) in [7, 11) is 3.30. The first-order valence-corrected chi connectivity index (χ1v) is 8.90. The SMILES string of the molecule is C[C@@H]1CN(CCCCNc2nc(N(C)C)cc(C(F)(F)F)n2)C[C@H](C)O1. The monoisotopic (exact) mass is 375 g/mol. The lowest BCUT2D eigenvalue weighted by Gasteiger charge is -2.35. The van der Waals surface area contributed by atoms with Crippen LogP contribution in [0.5, 0.6) is 0 Å². The summed E-state index contributed by atoms with van der Waals surface area (Å²) >= 11 is 0. The highest BCUT2D eigenvalue weighted by Gasteiger charge is 2.34. The van der Waals surface area contributed by atoms with Gasteiger partial charge in [-0.2, -0.15) is 18.2 Å². The number of aromatic nitrogens is 2. The average Bonchev–Trinajstić information content (AvgIpc) is 2.52. The third-order valence-corrected chi connectivity index (χ3v) is 4.14. The minimum Gasteiger partial charge on any atom is -0.373 e. The number of hydrogen-bond donors (Lipinski definition) is 1. The summed E-state index contributed by atoms with van der Waals surface area (Å²) in [6, 6.07) is 0.950. The quantitative estimate of drug-likeness (QED) is 0.740. The molecule has 0 aliphatic carbocycles. The van der Waals surface area contributed by atoms with Gasteiger partial charge in [-0.1, -0.05) is 0 Å². The van der Waals surface area contributed by atoms with Gasteiger partial charge in [0.15, 0.2) is 5.69 Å². The van der Waals surface area contributed by atoms with Crippen molar-refractivity contribution in [1.29, 1.82) is 0 Å². The summed E-state index contributed by atoms with van der Waals surface area (Å²) < 4.78 is 44.6. The Morgan fingerprint density at radius 2 is 1.85 bits per heavy atom. The van der Waals surface area contributed by atoms with E-state index in [4.69, 9.17) is 4.74 Å². The normalized spacial score (nSPS) is 21.7. The fourth-order valence-electron chi connectivity index (χ4n) is 3.02. The molecule has 2 atom stereocenters. The van der Waals surface area contributed by atoms with E-state index in [-0.39, 0.29) is 24.0 Å². The zero-order valence-electron chi connectivity index (χ0n) is 15.8. The number of anilines is 2. The van der Waals surface area contributed by atoms with Crippen LogP contribution in [0.25, 0.3) is 0 Å². The number of ether oxygens (including phenoxy) is 1. The number of hydrogen-bond acceptors (Lipinski definition) is 6. The number of nitrogens with zero attached hydrogens (tertiary/aromatic N) is 4. The second-order valence-corrected chi connectivity index (χ2v) is 6.98. The van der Waals surface area contributed by atoms with Crippen LogP contribution in [-0.2, 0) is 10.9 Å². The predicted molar refractivity (Wildman–Crippen MR) is 95.5 cm³/mol. The fourth-order valence-corrected chi connectivity index (χ4v) is 3.02. The molecule has 1 fully saturated rings. The van der Waals surface area contributed by atoms with Crippen molar-refractivity contribution in [3.63, 3.8) is 0 Å². The van der Waals surface area contributed by atoms with Crippen LogP contribution in [0.2, 0.25) is 0 Å². The molecule has 0 amide bonds. The van der Waals surface area contributed by atoms with E-state index in [0.717, 1.165) is 38.5 Å². The standard InChI is InChI=1S/C17H28F3N5O/c1-12-10-25(11-13(2)26-12)8-6-5-7-21-16-22-14(17(18,19)20)9-15(23-16)24(3)4/h9,12-13H,5-8,10-11H2,1-4H3,(H,21,22,23)/t12-,13+. The maximum atomic E-state index is 13.0. The number of morpholine rings is 1. The number of rotatable bonds is 7. The third-order valence-electron chi connectivity index (χ3n) is 4.14. The van der Waals surface area contributed by atoms with Crippen LogP contribution in [0.3, 0.4) is 0 Å². The molecule has 1 aromatic heterocycles. The second-order valence-electron chi connectivity index (χ2n) is 6.98. The first-order valence-electron chi connectivity index (χ1n) is 8.90. The van der Waals surface area contributed by atoms with Crippen molar-refractivity contribution in [3.8, 4) is 0 Å². The smallest absolute Gasteiger partial charge is 0.373 e. The topological polar surface area (TPSA) is 53.5 Å². The lowest BCUT2D eigenvalue weighted by molar-refractivity contribution is -0.141. The largest absolute Gasteiger partial charge is 0.433 e. The molecule has 1 aliphatic rings. The van der Waals surface area contributed by atoms with Crippen molar-refractivity contribution in [2.45, 2.75) is 45.1 Å². The van der Waals surface area contributed by atoms with Crippen LogP contribution < -0.4 is 10.2 Å². The molecule has 0 aromatic carbocycles. The molecule has 9 heteroatoms. The highest BCUT2D eigenvalue weighted by molar-refractivity contribution is 5.44. The first kappa shape index (κ1) is 20.7. The molecule has 26 heavy (non-hydrogen) atoms. The van der Waals surface area contributed by atoms with Gasteiger partial charge in [0.1, 0.15) is 5.82 Å². The molecule has 0 saturated carbocycles. The minimum absolute atomic E-state index is 0.0112. The van der Waals surface area contributed by atoms with Gasteiger partial charge in [-0.25, -0.2) is 4.98 Å². The Morgan fingerprint density at radius 3 is 2.42 bits per heavy atom. The number of alkyl halides is 3. The zero-order chi connectivity index (χ0) is 19.3. The molecule has 0 unspecified atom stereocenters. The maximum absolute atomic E-state index is 13.0. The highest BCUT2D eigenvalue weighted by atomic mass is 19.4. The molecule has 1 N–H and O–H groups in total. The van der Waals surface area contributed by atoms with Crippen molar-refractivity contribution in [3.05, 3.63) is 11.8 Å². The summed E-state index contributed by atoms with van der Waals surface area (Å²) in [4.78, 5) is 11.6. The Labute approximate surface area is 152 Å². The van der Waals surface area contributed by atoms with Crippen LogP contribution >= 0.6 is 0 Å². The van der Waals surface area contributed by atoms with Gasteiger partial charge >= 0.3 is 6.18 Å². The molecule has 1 aromatic rings. The summed E-state index contributed by atoms with van der Waals surface area (Å²) in [6.07, 6.45) is -2.24. The van der Waals surface area contributed by atoms with Crippen LogP contribution in [0.15, 0.2) is 6.07 Å². The number of unbranched alkanes of at least 4 members (excludes halogenated alkanes) is 1. The van der Waals surface area contributed by atoms with Gasteiger partial charge in [0, 0.05) is 39.8 Å². The van der Waals surface area contributed by atoms with Gasteiger partial charge in [0.25, 0.3) is 0 Å². The van der Waals surface area contributed by atoms with Crippen molar-refractivity contribution in [1.82, 2.24) is 14.9 Å². The lowest BCUT2D eigenvalue weighted by atomic mass is 10.2. The van der Waals surface area contributed by atoms with Crippen LogP contribution in [-0.4, -0.2) is 67.4 Å². The van der Waals surface area contributed by atoms with Crippen LogP contribution in [0.4, 0.5) is 24.9 Å². The van der Waals surface area contributed by atoms with Gasteiger partial charge in [0.2, 0.25) is 5.95 Å². The Kier molecular flexibility index (Phi) is 7.05. The maximum Gasteiger partial charge on any atom is 0.433 e. The van der Waals surface area contributed by atoms with E-state index in [1.807, 2.05) is 0 Å². The summed E-state index contributed by atoms with van der Waals surface area (Å²) in [6.45, 7) is 7.45. The van der Waals surface area contributed by atoms with E-state index in [1.54, 1.807) is 14.1 Å². The van der Waals surface area contributed by atoms with E-state index in [9.17, 15) is 13.2 Å². The third kappa shape index (κ3) is 6.28. The van der Waals surface area contributed by atoms with Crippen molar-refractivity contribution >= 4 is 11.8 Å². The molecule has 0 radical (unpaired) electrons. The molecule has 1 saturated heterocycles. The molecular weight excluding hydrogens is 347 g/mol. The molecule has 1 aliphatic heterocycles. The van der Waals surface area contributed by atoms with E-state index in [0.29, 0.717) is 6.54 Å². The van der Waals surface area contributed by atoms with Gasteiger partial charge in [0.05, 0.1) is 12.2 Å². The van der Waals surface area contributed by atoms with Gasteiger partial charge in [-0.15, -0.1) is 0 Å². The molecule has 148 valence electrons. The predicted octanol–water partition coefficient (Wildman–Crippen LogP) is 2.86. The molecule has 2 heterocycles. The number of nitrogens with one attached hydrogen (secondary N) is 1. The van der Waals surface area contributed by atoms with Gasteiger partial charge < -0.3 is 15.0 Å². The Morgan fingerprint density at radius 1 is 1.19 bits per heavy atom. The Bertz CT molecular complexity index is 572. The average molecular weight is 375 g/mol. The first-order chi connectivity index (χ1) is 12.1. The summed E-state index contributed by atoms with van der Waals surface area (Å²) in [5, 5.41) is 2.92. The Balaban J connectivity index is 1.82. The van der Waals surface area contributed by atoms with E-state index < -0.39 is 11.9 Å². The zero-order valence-corrected chi connectivity index (χ0v) is 15.8. The van der Waals surface area contributed by atoms with E-state index >= 15 is 0 Å². The summed E-state index contributed by atoms with van der Waals surface area (Å²) in [5.41, 5.74) is -0.935. The minimum atomic E-state index is -4.49. The van der Waals surface area contributed by atoms with Crippen LogP contribution in [0, 0.1) is 0 Å². The van der Waals surface area contributed by atoms with E-state index in [1.165, 1.54) is 4.90 Å². The molecular formula is C17H28F3N5O. The lowest BCUT2D eigenvalue weighted by Crippen LogP contribution is -2.45. The molecule has 6 nitrogen and oxygen atoms in total. The van der Waals surface area contributed by atoms with Crippen molar-refractivity contribution in [2.24, 2.45) is 0 Å². The van der Waals surface area contributed by atoms with Gasteiger partial charge in [-0.3, -0.25) is 4.90 Å². The van der Waals surface area contributed by atoms with Gasteiger partial charge in [-0.05, 0) is 33.2 Å². The fraction of sp³-hybridized carbons (Fsp3) is 0.765. The number of halogens is 3. The van der Waals surface area contributed by atoms with E-state index in [2.05, 4.69) is 34.0 Å². The highest BCUT2D eigenvalue weighted by Crippen LogP contribution is 2.30.